The topological polar surface area (TPSA) is 64.3 Å². The molecule has 82 valence electrons. The number of primary amides is 1. The first-order valence-corrected chi connectivity index (χ1v) is 4.73. The number of hydrogen-bond acceptors (Lipinski definition) is 3. The fourth-order valence-corrected chi connectivity index (χ4v) is 1.45. The van der Waals surface area contributed by atoms with E-state index in [-0.39, 0.29) is 5.91 Å². The molecule has 0 saturated heterocycles. The first-order chi connectivity index (χ1) is 7.19. The van der Waals surface area contributed by atoms with Crippen molar-refractivity contribution in [3.05, 3.63) is 35.4 Å². The number of amides is 1. The zero-order chi connectivity index (χ0) is 11.3. The fraction of sp³-hybridized carbons (Fsp3) is 0.364. The van der Waals surface area contributed by atoms with E-state index in [1.165, 1.54) is 0 Å². The Hall–Kier alpha value is -1.39. The second-order valence-electron chi connectivity index (χ2n) is 3.30. The van der Waals surface area contributed by atoms with Crippen molar-refractivity contribution in [1.29, 1.82) is 0 Å². The number of hydrogen-bond donors (Lipinski definition) is 2. The zero-order valence-corrected chi connectivity index (χ0v) is 8.99. The summed E-state index contributed by atoms with van der Waals surface area (Å²) in [6.07, 6.45) is 0. The van der Waals surface area contributed by atoms with Gasteiger partial charge in [0, 0.05) is 7.11 Å². The monoisotopic (exact) mass is 208 g/mol. The minimum Gasteiger partial charge on any atom is -0.380 e. The summed E-state index contributed by atoms with van der Waals surface area (Å²) in [4.78, 5) is 11.1. The SMILES string of the molecule is CNC(C(N)=O)c1ccc(COC)cc1. The molecular formula is C11H16N2O2. The Kier molecular flexibility index (Phi) is 4.27. The Morgan fingerprint density at radius 3 is 2.47 bits per heavy atom. The van der Waals surface area contributed by atoms with Gasteiger partial charge in [-0.3, -0.25) is 4.79 Å². The van der Waals surface area contributed by atoms with E-state index in [0.29, 0.717) is 6.61 Å². The van der Waals surface area contributed by atoms with Crippen molar-refractivity contribution >= 4 is 5.91 Å². The van der Waals surface area contributed by atoms with Gasteiger partial charge in [0.2, 0.25) is 5.91 Å². The van der Waals surface area contributed by atoms with Gasteiger partial charge in [0.1, 0.15) is 6.04 Å². The Morgan fingerprint density at radius 1 is 1.47 bits per heavy atom. The van der Waals surface area contributed by atoms with Gasteiger partial charge in [-0.25, -0.2) is 0 Å². The van der Waals surface area contributed by atoms with Crippen LogP contribution in [0.1, 0.15) is 17.2 Å². The van der Waals surface area contributed by atoms with Crippen molar-refractivity contribution in [2.75, 3.05) is 14.2 Å². The van der Waals surface area contributed by atoms with Crippen LogP contribution in [0.5, 0.6) is 0 Å². The van der Waals surface area contributed by atoms with E-state index in [2.05, 4.69) is 5.32 Å². The van der Waals surface area contributed by atoms with Gasteiger partial charge >= 0.3 is 0 Å². The molecule has 15 heavy (non-hydrogen) atoms. The van der Waals surface area contributed by atoms with Crippen molar-refractivity contribution in [3.63, 3.8) is 0 Å². The lowest BCUT2D eigenvalue weighted by Gasteiger charge is -2.12. The molecule has 1 atom stereocenters. The number of nitrogens with two attached hydrogens (primary N) is 1. The van der Waals surface area contributed by atoms with Crippen LogP contribution < -0.4 is 11.1 Å². The van der Waals surface area contributed by atoms with Crippen LogP contribution >= 0.6 is 0 Å². The van der Waals surface area contributed by atoms with E-state index in [1.54, 1.807) is 14.2 Å². The molecule has 1 amide bonds. The van der Waals surface area contributed by atoms with Crippen molar-refractivity contribution in [2.45, 2.75) is 12.6 Å². The fourth-order valence-electron chi connectivity index (χ4n) is 1.45. The van der Waals surface area contributed by atoms with Crippen LogP contribution in [0.4, 0.5) is 0 Å². The second kappa shape index (κ2) is 5.48. The molecule has 0 fully saturated rings. The van der Waals surface area contributed by atoms with Gasteiger partial charge in [-0.1, -0.05) is 24.3 Å². The van der Waals surface area contributed by atoms with E-state index >= 15 is 0 Å². The maximum absolute atomic E-state index is 11.1. The zero-order valence-electron chi connectivity index (χ0n) is 8.99. The van der Waals surface area contributed by atoms with Crippen LogP contribution in [0.2, 0.25) is 0 Å². The molecule has 0 spiro atoms. The quantitative estimate of drug-likeness (QED) is 0.744. The molecule has 0 radical (unpaired) electrons. The minimum absolute atomic E-state index is 0.378. The molecule has 0 aromatic heterocycles. The highest BCUT2D eigenvalue weighted by Gasteiger charge is 2.14. The molecule has 0 saturated carbocycles. The number of rotatable bonds is 5. The van der Waals surface area contributed by atoms with Gasteiger partial charge < -0.3 is 15.8 Å². The summed E-state index contributed by atoms with van der Waals surface area (Å²) in [5, 5.41) is 2.86. The minimum atomic E-state index is -0.429. The van der Waals surface area contributed by atoms with Gasteiger partial charge in [0.05, 0.1) is 6.61 Å². The number of nitrogens with one attached hydrogen (secondary N) is 1. The standard InChI is InChI=1S/C11H16N2O2/c1-13-10(11(12)14)9-5-3-8(4-6-9)7-15-2/h3-6,10,13H,7H2,1-2H3,(H2,12,14). The van der Waals surface area contributed by atoms with Gasteiger partial charge in [-0.15, -0.1) is 0 Å². The third kappa shape index (κ3) is 3.04. The van der Waals surface area contributed by atoms with Crippen LogP contribution in [0.15, 0.2) is 24.3 Å². The molecule has 1 rings (SSSR count). The molecule has 1 aromatic carbocycles. The summed E-state index contributed by atoms with van der Waals surface area (Å²) in [5.41, 5.74) is 7.19. The molecular weight excluding hydrogens is 192 g/mol. The van der Waals surface area contributed by atoms with E-state index in [1.807, 2.05) is 24.3 Å². The van der Waals surface area contributed by atoms with Crippen LogP contribution in [0.3, 0.4) is 0 Å². The smallest absolute Gasteiger partial charge is 0.239 e. The molecule has 4 nitrogen and oxygen atoms in total. The number of carbonyl (C=O) groups is 1. The molecule has 1 unspecified atom stereocenters. The number of likely N-dealkylation sites (N-methyl/N-ethyl adjacent to an activating group) is 1. The van der Waals surface area contributed by atoms with Gasteiger partial charge in [0.25, 0.3) is 0 Å². The predicted octanol–water partition coefficient (Wildman–Crippen LogP) is 0.579. The molecule has 4 heteroatoms. The van der Waals surface area contributed by atoms with Crippen LogP contribution in [0, 0.1) is 0 Å². The van der Waals surface area contributed by atoms with Gasteiger partial charge in [-0.05, 0) is 18.2 Å². The first kappa shape index (κ1) is 11.7. The molecule has 3 N–H and O–H groups in total. The number of methoxy groups -OCH3 is 1. The van der Waals surface area contributed by atoms with E-state index in [9.17, 15) is 4.79 Å². The Morgan fingerprint density at radius 2 is 2.07 bits per heavy atom. The van der Waals surface area contributed by atoms with Crippen LogP contribution in [0.25, 0.3) is 0 Å². The predicted molar refractivity (Wildman–Crippen MR) is 58.2 cm³/mol. The van der Waals surface area contributed by atoms with Crippen molar-refractivity contribution in [3.8, 4) is 0 Å². The average molecular weight is 208 g/mol. The van der Waals surface area contributed by atoms with Gasteiger partial charge in [-0.2, -0.15) is 0 Å². The molecule has 0 aliphatic rings. The highest BCUT2D eigenvalue weighted by Crippen LogP contribution is 2.13. The summed E-state index contributed by atoms with van der Waals surface area (Å²) in [6.45, 7) is 0.571. The number of benzene rings is 1. The summed E-state index contributed by atoms with van der Waals surface area (Å²) in [6, 6.07) is 7.17. The van der Waals surface area contributed by atoms with Crippen molar-refractivity contribution in [1.82, 2.24) is 5.32 Å². The Balaban J connectivity index is 2.82. The molecule has 1 aromatic rings. The van der Waals surface area contributed by atoms with Crippen LogP contribution in [-0.2, 0) is 16.1 Å². The average Bonchev–Trinajstić information content (AvgIpc) is 2.21. The van der Waals surface area contributed by atoms with Crippen molar-refractivity contribution < 1.29 is 9.53 Å². The first-order valence-electron chi connectivity index (χ1n) is 4.73. The lowest BCUT2D eigenvalue weighted by Crippen LogP contribution is -2.31. The molecule has 0 bridgehead atoms. The third-order valence-corrected chi connectivity index (χ3v) is 2.20. The van der Waals surface area contributed by atoms with Gasteiger partial charge in [0.15, 0.2) is 0 Å². The lowest BCUT2D eigenvalue weighted by atomic mass is 10.0. The van der Waals surface area contributed by atoms with Crippen LogP contribution in [-0.4, -0.2) is 20.1 Å². The normalized spacial score (nSPS) is 12.4. The molecule has 0 heterocycles. The lowest BCUT2D eigenvalue weighted by molar-refractivity contribution is -0.120. The summed E-state index contributed by atoms with van der Waals surface area (Å²) < 4.78 is 4.99. The Labute approximate surface area is 89.4 Å². The highest BCUT2D eigenvalue weighted by molar-refractivity contribution is 5.81. The van der Waals surface area contributed by atoms with E-state index < -0.39 is 6.04 Å². The maximum atomic E-state index is 11.1. The van der Waals surface area contributed by atoms with E-state index in [4.69, 9.17) is 10.5 Å². The summed E-state index contributed by atoms with van der Waals surface area (Å²) in [7, 11) is 3.35. The largest absolute Gasteiger partial charge is 0.380 e. The highest BCUT2D eigenvalue weighted by atomic mass is 16.5. The molecule has 0 aliphatic heterocycles. The van der Waals surface area contributed by atoms with E-state index in [0.717, 1.165) is 11.1 Å². The number of ether oxygens (including phenoxy) is 1. The second-order valence-corrected chi connectivity index (χ2v) is 3.30. The Bertz CT molecular complexity index is 322. The maximum Gasteiger partial charge on any atom is 0.239 e. The third-order valence-electron chi connectivity index (χ3n) is 2.20. The number of carbonyl (C=O) groups excluding carboxylic acids is 1. The molecule has 0 aliphatic carbocycles. The summed E-state index contributed by atoms with van der Waals surface area (Å²) in [5.74, 6) is -0.378. The van der Waals surface area contributed by atoms with Crippen molar-refractivity contribution in [2.24, 2.45) is 5.73 Å². The summed E-state index contributed by atoms with van der Waals surface area (Å²) >= 11 is 0.